The highest BCUT2D eigenvalue weighted by Crippen LogP contribution is 2.32. The largest absolute Gasteiger partial charge is 0.387 e. The molecule has 2 atom stereocenters. The van der Waals surface area contributed by atoms with Gasteiger partial charge in [0, 0.05) is 23.0 Å². The molecule has 2 N–H and O–H groups in total. The van der Waals surface area contributed by atoms with Gasteiger partial charge >= 0.3 is 0 Å². The fraction of sp³-hybridized carbons (Fsp3) is 0.273. The van der Waals surface area contributed by atoms with Crippen LogP contribution in [0.15, 0.2) is 54.6 Å². The lowest BCUT2D eigenvalue weighted by molar-refractivity contribution is -0.158. The van der Waals surface area contributed by atoms with Gasteiger partial charge in [-0.2, -0.15) is 0 Å². The summed E-state index contributed by atoms with van der Waals surface area (Å²) < 4.78 is 0. The molecule has 5 rings (SSSR count). The molecule has 142 valence electrons. The van der Waals surface area contributed by atoms with Crippen molar-refractivity contribution in [3.8, 4) is 0 Å². The first-order valence-electron chi connectivity index (χ1n) is 9.51. The Morgan fingerprint density at radius 1 is 1.04 bits per heavy atom. The molecule has 0 spiro atoms. The Labute approximate surface area is 162 Å². The maximum Gasteiger partial charge on any atom is 0.246 e. The average Bonchev–Trinajstić information content (AvgIpc) is 3.09. The monoisotopic (exact) mass is 375 g/mol. The lowest BCUT2D eigenvalue weighted by atomic mass is 9.93. The Balaban J connectivity index is 1.42. The molecular formula is C22H21N3O3. The molecule has 2 aromatic carbocycles. The van der Waals surface area contributed by atoms with E-state index in [1.807, 2.05) is 54.6 Å². The van der Waals surface area contributed by atoms with Crippen LogP contribution in [0, 0.1) is 0 Å². The first-order chi connectivity index (χ1) is 13.6. The number of aliphatic hydroxyl groups excluding tert-OH is 1. The zero-order valence-corrected chi connectivity index (χ0v) is 15.3. The highest BCUT2D eigenvalue weighted by atomic mass is 16.3. The van der Waals surface area contributed by atoms with E-state index in [9.17, 15) is 14.7 Å². The fourth-order valence-corrected chi connectivity index (χ4v) is 4.38. The summed E-state index contributed by atoms with van der Waals surface area (Å²) >= 11 is 0. The normalized spacial score (nSPS) is 20.2. The number of piperazine rings is 1. The first kappa shape index (κ1) is 17.0. The number of amides is 2. The van der Waals surface area contributed by atoms with Crippen LogP contribution in [-0.4, -0.2) is 50.8 Å². The Morgan fingerprint density at radius 3 is 2.61 bits per heavy atom. The number of nitrogens with zero attached hydrogens (tertiary/aromatic N) is 2. The predicted octanol–water partition coefficient (Wildman–Crippen LogP) is 2.00. The van der Waals surface area contributed by atoms with E-state index in [0.717, 1.165) is 27.7 Å². The van der Waals surface area contributed by atoms with E-state index in [4.69, 9.17) is 0 Å². The third-order valence-electron chi connectivity index (χ3n) is 5.83. The maximum atomic E-state index is 13.2. The molecule has 2 aliphatic rings. The number of carbonyl (C=O) groups excluding carboxylic acids is 2. The second-order valence-corrected chi connectivity index (χ2v) is 7.51. The van der Waals surface area contributed by atoms with Gasteiger partial charge in [-0.25, -0.2) is 0 Å². The Bertz CT molecular complexity index is 1060. The highest BCUT2D eigenvalue weighted by Gasteiger charge is 2.43. The molecule has 0 aliphatic carbocycles. The number of rotatable bonds is 3. The van der Waals surface area contributed by atoms with Crippen LogP contribution in [0.25, 0.3) is 10.9 Å². The summed E-state index contributed by atoms with van der Waals surface area (Å²) in [4.78, 5) is 32.5. The topological polar surface area (TPSA) is 76.6 Å². The van der Waals surface area contributed by atoms with Gasteiger partial charge in [-0.3, -0.25) is 9.59 Å². The first-order valence-corrected chi connectivity index (χ1v) is 9.51. The molecule has 1 aromatic heterocycles. The Hall–Kier alpha value is -3.12. The fourth-order valence-electron chi connectivity index (χ4n) is 4.38. The molecule has 3 aromatic rings. The molecule has 1 saturated heterocycles. The molecule has 1 fully saturated rings. The highest BCUT2D eigenvalue weighted by molar-refractivity contribution is 5.96. The SMILES string of the molecule is O=C1[C@H]2Cc3c([nH]c4ccccc34)CN2C(=O)CN1C[C@@H](O)c1ccccc1. The summed E-state index contributed by atoms with van der Waals surface area (Å²) in [6.45, 7) is 0.558. The van der Waals surface area contributed by atoms with E-state index in [0.29, 0.717) is 13.0 Å². The van der Waals surface area contributed by atoms with Crippen LogP contribution in [0.4, 0.5) is 0 Å². The number of carbonyl (C=O) groups is 2. The molecule has 0 unspecified atom stereocenters. The van der Waals surface area contributed by atoms with Gasteiger partial charge in [0.15, 0.2) is 0 Å². The van der Waals surface area contributed by atoms with Crippen molar-refractivity contribution in [2.75, 3.05) is 13.1 Å². The standard InChI is InChI=1S/C22H21N3O3/c26-20(14-6-2-1-3-7-14)12-24-13-21(27)25-11-18-16(10-19(25)22(24)28)15-8-4-5-9-17(15)23-18/h1-9,19-20,23,26H,10-13H2/t19-,20-/m1/s1. The number of H-pyrrole nitrogens is 1. The number of aliphatic hydroxyl groups is 1. The van der Waals surface area contributed by atoms with Crippen LogP contribution >= 0.6 is 0 Å². The second kappa shape index (κ2) is 6.49. The Morgan fingerprint density at radius 2 is 1.79 bits per heavy atom. The van der Waals surface area contributed by atoms with Crippen molar-refractivity contribution in [2.24, 2.45) is 0 Å². The van der Waals surface area contributed by atoms with Crippen molar-refractivity contribution in [2.45, 2.75) is 25.1 Å². The third kappa shape index (κ3) is 2.68. The summed E-state index contributed by atoms with van der Waals surface area (Å²) in [7, 11) is 0. The van der Waals surface area contributed by atoms with E-state index in [1.54, 1.807) is 4.90 Å². The zero-order valence-electron chi connectivity index (χ0n) is 15.3. The van der Waals surface area contributed by atoms with Crippen molar-refractivity contribution in [1.82, 2.24) is 14.8 Å². The van der Waals surface area contributed by atoms with E-state index >= 15 is 0 Å². The average molecular weight is 375 g/mol. The Kier molecular flexibility index (Phi) is 3.94. The summed E-state index contributed by atoms with van der Waals surface area (Å²) in [5.41, 5.74) is 3.90. The number of hydrogen-bond donors (Lipinski definition) is 2. The maximum absolute atomic E-state index is 13.2. The number of aromatic amines is 1. The van der Waals surface area contributed by atoms with Crippen molar-refractivity contribution in [1.29, 1.82) is 0 Å². The summed E-state index contributed by atoms with van der Waals surface area (Å²) in [6.07, 6.45) is -0.307. The van der Waals surface area contributed by atoms with Crippen LogP contribution in [-0.2, 0) is 22.6 Å². The molecule has 2 aliphatic heterocycles. The molecule has 28 heavy (non-hydrogen) atoms. The van der Waals surface area contributed by atoms with Gasteiger partial charge < -0.3 is 19.9 Å². The minimum atomic E-state index is -0.809. The summed E-state index contributed by atoms with van der Waals surface area (Å²) in [5, 5.41) is 11.6. The lowest BCUT2D eigenvalue weighted by Crippen LogP contribution is -2.62. The quantitative estimate of drug-likeness (QED) is 0.735. The molecule has 0 saturated carbocycles. The van der Waals surface area contributed by atoms with Crippen LogP contribution in [0.3, 0.4) is 0 Å². The molecule has 0 radical (unpaired) electrons. The molecular weight excluding hydrogens is 354 g/mol. The van der Waals surface area contributed by atoms with Crippen LogP contribution < -0.4 is 0 Å². The van der Waals surface area contributed by atoms with E-state index < -0.39 is 12.1 Å². The minimum absolute atomic E-state index is 0.00872. The predicted molar refractivity (Wildman–Crippen MR) is 104 cm³/mol. The van der Waals surface area contributed by atoms with E-state index in [2.05, 4.69) is 4.98 Å². The van der Waals surface area contributed by atoms with Crippen LogP contribution in [0.1, 0.15) is 22.9 Å². The van der Waals surface area contributed by atoms with E-state index in [1.165, 1.54) is 4.90 Å². The lowest BCUT2D eigenvalue weighted by Gasteiger charge is -2.43. The number of benzene rings is 2. The van der Waals surface area contributed by atoms with Gasteiger partial charge in [-0.15, -0.1) is 0 Å². The zero-order chi connectivity index (χ0) is 19.3. The number of aromatic nitrogens is 1. The van der Waals surface area contributed by atoms with Gasteiger partial charge in [0.05, 0.1) is 25.7 Å². The van der Waals surface area contributed by atoms with Gasteiger partial charge in [0.2, 0.25) is 11.8 Å². The number of β-amino-alcohol motifs (C(OH)–C–C–N with tert-alkyl or cyclic N) is 1. The smallest absolute Gasteiger partial charge is 0.246 e. The van der Waals surface area contributed by atoms with Gasteiger partial charge in [-0.1, -0.05) is 48.5 Å². The number of para-hydroxylation sites is 1. The van der Waals surface area contributed by atoms with E-state index in [-0.39, 0.29) is 24.9 Å². The number of fused-ring (bicyclic) bond motifs is 4. The molecule has 3 heterocycles. The summed E-state index contributed by atoms with van der Waals surface area (Å²) in [5.74, 6) is -0.167. The third-order valence-corrected chi connectivity index (χ3v) is 5.83. The number of hydrogen-bond acceptors (Lipinski definition) is 3. The van der Waals surface area contributed by atoms with Gasteiger partial charge in [-0.05, 0) is 17.2 Å². The molecule has 6 nitrogen and oxygen atoms in total. The number of nitrogens with one attached hydrogen (secondary N) is 1. The minimum Gasteiger partial charge on any atom is -0.387 e. The van der Waals surface area contributed by atoms with Crippen molar-refractivity contribution in [3.63, 3.8) is 0 Å². The summed E-state index contributed by atoms with van der Waals surface area (Å²) in [6, 6.07) is 16.7. The van der Waals surface area contributed by atoms with Crippen LogP contribution in [0.2, 0.25) is 0 Å². The molecule has 6 heteroatoms. The van der Waals surface area contributed by atoms with Crippen molar-refractivity contribution >= 4 is 22.7 Å². The van der Waals surface area contributed by atoms with Crippen molar-refractivity contribution < 1.29 is 14.7 Å². The van der Waals surface area contributed by atoms with Gasteiger partial charge in [0.1, 0.15) is 6.04 Å². The molecule has 2 amide bonds. The second-order valence-electron chi connectivity index (χ2n) is 7.51. The molecule has 0 bridgehead atoms. The van der Waals surface area contributed by atoms with Crippen molar-refractivity contribution in [3.05, 3.63) is 71.4 Å². The van der Waals surface area contributed by atoms with Gasteiger partial charge in [0.25, 0.3) is 0 Å². The van der Waals surface area contributed by atoms with Crippen LogP contribution in [0.5, 0.6) is 0 Å².